The molecule has 3 rings (SSSR count). The Kier molecular flexibility index (Phi) is 4.27. The lowest BCUT2D eigenvalue weighted by molar-refractivity contribution is 0.190. The van der Waals surface area contributed by atoms with E-state index >= 15 is 0 Å². The Labute approximate surface area is 126 Å². The number of rotatable bonds is 5. The molecule has 1 aromatic carbocycles. The Morgan fingerprint density at radius 2 is 1.95 bits per heavy atom. The molecule has 0 unspecified atom stereocenters. The van der Waals surface area contributed by atoms with Crippen molar-refractivity contribution in [2.45, 2.75) is 45.1 Å². The maximum Gasteiger partial charge on any atom is 0.110 e. The first-order valence-corrected chi connectivity index (χ1v) is 8.03. The van der Waals surface area contributed by atoms with E-state index in [9.17, 15) is 5.11 Å². The fraction of sp³-hybridized carbons (Fsp3) is 0.588. The smallest absolute Gasteiger partial charge is 0.110 e. The van der Waals surface area contributed by atoms with Crippen molar-refractivity contribution >= 4 is 11.0 Å². The van der Waals surface area contributed by atoms with Gasteiger partial charge in [0.05, 0.1) is 17.6 Å². The van der Waals surface area contributed by atoms with Gasteiger partial charge in [0.25, 0.3) is 0 Å². The molecule has 1 heterocycles. The van der Waals surface area contributed by atoms with Crippen LogP contribution >= 0.6 is 0 Å². The molecule has 1 fully saturated rings. The third-order valence-corrected chi connectivity index (χ3v) is 4.94. The summed E-state index contributed by atoms with van der Waals surface area (Å²) in [5, 5.41) is 9.38. The predicted molar refractivity (Wildman–Crippen MR) is 85.1 cm³/mol. The van der Waals surface area contributed by atoms with Crippen LogP contribution in [0.25, 0.3) is 11.0 Å². The minimum atomic E-state index is 0.142. The predicted octanol–water partition coefficient (Wildman–Crippen LogP) is 2.48. The maximum atomic E-state index is 9.38. The summed E-state index contributed by atoms with van der Waals surface area (Å²) in [6.45, 7) is 1.48. The summed E-state index contributed by atoms with van der Waals surface area (Å²) in [4.78, 5) is 4.81. The monoisotopic (exact) mass is 287 g/mol. The highest BCUT2D eigenvalue weighted by Gasteiger charge is 2.32. The minimum absolute atomic E-state index is 0.142. The SMILES string of the molecule is NCC1(Cc2nc3ccccc3n2CCO)CCCCC1. The number of benzene rings is 1. The van der Waals surface area contributed by atoms with Crippen LogP contribution in [0.1, 0.15) is 37.9 Å². The zero-order chi connectivity index (χ0) is 14.7. The van der Waals surface area contributed by atoms with E-state index in [4.69, 9.17) is 10.7 Å². The summed E-state index contributed by atoms with van der Waals surface area (Å²) in [5.74, 6) is 1.08. The van der Waals surface area contributed by atoms with Crippen LogP contribution in [-0.2, 0) is 13.0 Å². The summed E-state index contributed by atoms with van der Waals surface area (Å²) < 4.78 is 2.17. The van der Waals surface area contributed by atoms with Crippen LogP contribution in [0.4, 0.5) is 0 Å². The number of hydrogen-bond donors (Lipinski definition) is 2. The third kappa shape index (κ3) is 2.83. The second-order valence-corrected chi connectivity index (χ2v) is 6.33. The fourth-order valence-electron chi connectivity index (χ4n) is 3.70. The van der Waals surface area contributed by atoms with E-state index < -0.39 is 0 Å². The standard InChI is InChI=1S/C17H25N3O/c18-13-17(8-4-1-5-9-17)12-16-19-14-6-2-3-7-15(14)20(16)10-11-21/h2-3,6-7,21H,1,4-5,8-13,18H2. The highest BCUT2D eigenvalue weighted by molar-refractivity contribution is 5.75. The van der Waals surface area contributed by atoms with E-state index in [1.165, 1.54) is 32.1 Å². The quantitative estimate of drug-likeness (QED) is 0.888. The Morgan fingerprint density at radius 3 is 2.67 bits per heavy atom. The lowest BCUT2D eigenvalue weighted by Crippen LogP contribution is -2.35. The molecule has 0 radical (unpaired) electrons. The van der Waals surface area contributed by atoms with E-state index in [0.717, 1.165) is 29.8 Å². The van der Waals surface area contributed by atoms with Gasteiger partial charge in [0.2, 0.25) is 0 Å². The van der Waals surface area contributed by atoms with Crippen LogP contribution in [0.15, 0.2) is 24.3 Å². The van der Waals surface area contributed by atoms with Crippen molar-refractivity contribution in [1.82, 2.24) is 9.55 Å². The molecule has 21 heavy (non-hydrogen) atoms. The number of nitrogens with two attached hydrogens (primary N) is 1. The van der Waals surface area contributed by atoms with Crippen LogP contribution in [0, 0.1) is 5.41 Å². The topological polar surface area (TPSA) is 64.1 Å². The number of imidazole rings is 1. The first kappa shape index (κ1) is 14.5. The van der Waals surface area contributed by atoms with Crippen LogP contribution in [0.5, 0.6) is 0 Å². The molecule has 0 bridgehead atoms. The Morgan fingerprint density at radius 1 is 1.19 bits per heavy atom. The van der Waals surface area contributed by atoms with Crippen LogP contribution in [0.2, 0.25) is 0 Å². The molecule has 0 amide bonds. The molecule has 4 nitrogen and oxygen atoms in total. The Hall–Kier alpha value is -1.39. The molecule has 0 saturated heterocycles. The zero-order valence-electron chi connectivity index (χ0n) is 12.6. The normalized spacial score (nSPS) is 18.2. The molecule has 0 aliphatic heterocycles. The summed E-state index contributed by atoms with van der Waals surface area (Å²) in [6, 6.07) is 8.17. The molecule has 1 aliphatic rings. The van der Waals surface area contributed by atoms with Gasteiger partial charge in [-0.25, -0.2) is 4.98 Å². The van der Waals surface area contributed by atoms with Gasteiger partial charge in [-0.05, 0) is 36.9 Å². The van der Waals surface area contributed by atoms with Gasteiger partial charge in [0.1, 0.15) is 5.82 Å². The number of aromatic nitrogens is 2. The molecule has 114 valence electrons. The fourth-order valence-corrected chi connectivity index (χ4v) is 3.70. The Balaban J connectivity index is 1.96. The van der Waals surface area contributed by atoms with E-state index in [-0.39, 0.29) is 12.0 Å². The van der Waals surface area contributed by atoms with Gasteiger partial charge in [-0.1, -0.05) is 31.4 Å². The largest absolute Gasteiger partial charge is 0.395 e. The first-order chi connectivity index (χ1) is 10.3. The first-order valence-electron chi connectivity index (χ1n) is 8.03. The van der Waals surface area contributed by atoms with Crippen molar-refractivity contribution in [1.29, 1.82) is 0 Å². The minimum Gasteiger partial charge on any atom is -0.395 e. The molecule has 1 aromatic heterocycles. The van der Waals surface area contributed by atoms with E-state index in [1.807, 2.05) is 18.2 Å². The van der Waals surface area contributed by atoms with Gasteiger partial charge < -0.3 is 15.4 Å². The lowest BCUT2D eigenvalue weighted by Gasteiger charge is -2.36. The molecule has 0 atom stereocenters. The highest BCUT2D eigenvalue weighted by atomic mass is 16.3. The summed E-state index contributed by atoms with van der Waals surface area (Å²) in [6.07, 6.45) is 7.21. The van der Waals surface area contributed by atoms with Crippen molar-refractivity contribution in [3.05, 3.63) is 30.1 Å². The number of hydrogen-bond acceptors (Lipinski definition) is 3. The van der Waals surface area contributed by atoms with Crippen molar-refractivity contribution < 1.29 is 5.11 Å². The van der Waals surface area contributed by atoms with Gasteiger partial charge in [0.15, 0.2) is 0 Å². The van der Waals surface area contributed by atoms with Gasteiger partial charge >= 0.3 is 0 Å². The average molecular weight is 287 g/mol. The molecule has 1 saturated carbocycles. The van der Waals surface area contributed by atoms with Gasteiger partial charge in [-0.3, -0.25) is 0 Å². The molecule has 1 aliphatic carbocycles. The van der Waals surface area contributed by atoms with Crippen LogP contribution in [0.3, 0.4) is 0 Å². The molecule has 3 N–H and O–H groups in total. The summed E-state index contributed by atoms with van der Waals surface area (Å²) in [5.41, 5.74) is 8.45. The lowest BCUT2D eigenvalue weighted by atomic mass is 9.71. The van der Waals surface area contributed by atoms with Crippen molar-refractivity contribution in [2.75, 3.05) is 13.2 Å². The molecular formula is C17H25N3O. The average Bonchev–Trinajstić information content (AvgIpc) is 2.86. The number of fused-ring (bicyclic) bond motifs is 1. The van der Waals surface area contributed by atoms with E-state index in [0.29, 0.717) is 6.54 Å². The number of aliphatic hydroxyl groups excluding tert-OH is 1. The zero-order valence-corrected chi connectivity index (χ0v) is 12.6. The number of nitrogens with zero attached hydrogens (tertiary/aromatic N) is 2. The van der Waals surface area contributed by atoms with Crippen LogP contribution < -0.4 is 5.73 Å². The van der Waals surface area contributed by atoms with Crippen molar-refractivity contribution in [2.24, 2.45) is 11.1 Å². The third-order valence-electron chi connectivity index (χ3n) is 4.94. The summed E-state index contributed by atoms with van der Waals surface area (Å²) >= 11 is 0. The molecule has 2 aromatic rings. The molecular weight excluding hydrogens is 262 g/mol. The second-order valence-electron chi connectivity index (χ2n) is 6.33. The van der Waals surface area contributed by atoms with Gasteiger partial charge in [-0.15, -0.1) is 0 Å². The van der Waals surface area contributed by atoms with Crippen LogP contribution in [-0.4, -0.2) is 27.8 Å². The van der Waals surface area contributed by atoms with E-state index in [2.05, 4.69) is 10.6 Å². The van der Waals surface area contributed by atoms with Crippen molar-refractivity contribution in [3.8, 4) is 0 Å². The second kappa shape index (κ2) is 6.16. The van der Waals surface area contributed by atoms with Gasteiger partial charge in [-0.2, -0.15) is 0 Å². The maximum absolute atomic E-state index is 9.38. The van der Waals surface area contributed by atoms with Gasteiger partial charge in [0, 0.05) is 13.0 Å². The number of aliphatic hydroxyl groups is 1. The number of para-hydroxylation sites is 2. The molecule has 4 heteroatoms. The van der Waals surface area contributed by atoms with E-state index in [1.54, 1.807) is 0 Å². The highest BCUT2D eigenvalue weighted by Crippen LogP contribution is 2.38. The van der Waals surface area contributed by atoms with Crippen molar-refractivity contribution in [3.63, 3.8) is 0 Å². The Bertz CT molecular complexity index is 599. The summed E-state index contributed by atoms with van der Waals surface area (Å²) in [7, 11) is 0. The molecule has 0 spiro atoms.